The molecule has 1 aliphatic rings. The Bertz CT molecular complexity index is 962. The van der Waals surface area contributed by atoms with Gasteiger partial charge < -0.3 is 15.0 Å². The van der Waals surface area contributed by atoms with E-state index in [0.29, 0.717) is 36.1 Å². The molecule has 3 aromatic rings. The number of ether oxygens (including phenoxy) is 1. The number of aromatic nitrogens is 5. The van der Waals surface area contributed by atoms with Crippen LogP contribution in [0.4, 0.5) is 14.7 Å². The van der Waals surface area contributed by atoms with Crippen molar-refractivity contribution in [2.75, 3.05) is 12.3 Å². The van der Waals surface area contributed by atoms with Crippen molar-refractivity contribution in [2.45, 2.75) is 26.4 Å². The Morgan fingerprint density at radius 3 is 2.68 bits per heavy atom. The van der Waals surface area contributed by atoms with Gasteiger partial charge in [-0.15, -0.1) is 5.10 Å². The van der Waals surface area contributed by atoms with Crippen LogP contribution in [0.3, 0.4) is 0 Å². The summed E-state index contributed by atoms with van der Waals surface area (Å²) in [7, 11) is 0. The van der Waals surface area contributed by atoms with Crippen LogP contribution in [0.15, 0.2) is 18.3 Å². The van der Waals surface area contributed by atoms with Gasteiger partial charge in [0.15, 0.2) is 17.5 Å². The topological polar surface area (TPSA) is 83.8 Å². The van der Waals surface area contributed by atoms with E-state index in [1.807, 2.05) is 18.4 Å². The number of anilines is 1. The van der Waals surface area contributed by atoms with Gasteiger partial charge in [-0.05, 0) is 19.9 Å². The summed E-state index contributed by atoms with van der Waals surface area (Å²) in [6, 6.07) is 2.19. The molecule has 1 aromatic carbocycles. The molecular weight excluding hydrogens is 330 g/mol. The fraction of sp³-hybridized carbons (Fsp3) is 0.312. The molecule has 0 amide bonds. The molecule has 130 valence electrons. The van der Waals surface area contributed by atoms with E-state index in [1.165, 1.54) is 0 Å². The molecule has 25 heavy (non-hydrogen) atoms. The summed E-state index contributed by atoms with van der Waals surface area (Å²) in [5.74, 6) is -0.471. The Hall–Kier alpha value is -2.97. The molecule has 0 saturated heterocycles. The van der Waals surface area contributed by atoms with Crippen molar-refractivity contribution in [2.24, 2.45) is 0 Å². The van der Waals surface area contributed by atoms with E-state index < -0.39 is 11.6 Å². The number of hydrogen-bond donors (Lipinski definition) is 1. The Kier molecular flexibility index (Phi) is 3.45. The molecule has 0 atom stereocenters. The SMILES string of the molecule is CC(C)n1nc(N)nc1-c1cn2c(n1)-c1cc(F)c(F)cc1OCC2. The van der Waals surface area contributed by atoms with Crippen molar-refractivity contribution in [1.29, 1.82) is 0 Å². The fourth-order valence-electron chi connectivity index (χ4n) is 2.86. The molecule has 0 spiro atoms. The van der Waals surface area contributed by atoms with Crippen LogP contribution >= 0.6 is 0 Å². The third-order valence-corrected chi connectivity index (χ3v) is 4.00. The molecule has 0 bridgehead atoms. The predicted octanol–water partition coefficient (Wildman–Crippen LogP) is 2.64. The third-order valence-electron chi connectivity index (χ3n) is 4.00. The lowest BCUT2D eigenvalue weighted by Crippen LogP contribution is -2.06. The lowest BCUT2D eigenvalue weighted by molar-refractivity contribution is 0.304. The summed E-state index contributed by atoms with van der Waals surface area (Å²) in [4.78, 5) is 8.81. The van der Waals surface area contributed by atoms with Gasteiger partial charge >= 0.3 is 0 Å². The summed E-state index contributed by atoms with van der Waals surface area (Å²) >= 11 is 0. The first-order chi connectivity index (χ1) is 11.9. The largest absolute Gasteiger partial charge is 0.491 e. The van der Waals surface area contributed by atoms with Gasteiger partial charge in [-0.1, -0.05) is 0 Å². The van der Waals surface area contributed by atoms with Crippen LogP contribution in [0, 0.1) is 11.6 Å². The summed E-state index contributed by atoms with van der Waals surface area (Å²) in [6.45, 7) is 4.73. The minimum absolute atomic E-state index is 0.0449. The molecular formula is C16H16F2N6O. The molecule has 7 nitrogen and oxygen atoms in total. The van der Waals surface area contributed by atoms with E-state index in [0.717, 1.165) is 12.1 Å². The summed E-state index contributed by atoms with van der Waals surface area (Å²) in [5, 5.41) is 4.18. The first-order valence-electron chi connectivity index (χ1n) is 7.86. The smallest absolute Gasteiger partial charge is 0.240 e. The minimum atomic E-state index is -0.952. The number of rotatable bonds is 2. The highest BCUT2D eigenvalue weighted by molar-refractivity contribution is 5.68. The number of nitrogens with zero attached hydrogens (tertiary/aromatic N) is 5. The monoisotopic (exact) mass is 346 g/mol. The van der Waals surface area contributed by atoms with Crippen LogP contribution in [0.1, 0.15) is 19.9 Å². The van der Waals surface area contributed by atoms with Crippen LogP contribution < -0.4 is 10.5 Å². The maximum absolute atomic E-state index is 13.7. The van der Waals surface area contributed by atoms with E-state index in [-0.39, 0.29) is 17.7 Å². The van der Waals surface area contributed by atoms with Crippen LogP contribution in [-0.2, 0) is 6.54 Å². The molecule has 2 N–H and O–H groups in total. The normalized spacial score (nSPS) is 13.3. The molecule has 0 fully saturated rings. The number of nitrogen functional groups attached to an aromatic ring is 1. The molecule has 0 aliphatic carbocycles. The number of hydrogen-bond acceptors (Lipinski definition) is 5. The number of benzene rings is 1. The average Bonchev–Trinajstić information content (AvgIpc) is 3.10. The summed E-state index contributed by atoms with van der Waals surface area (Å²) < 4.78 is 36.3. The van der Waals surface area contributed by atoms with Gasteiger partial charge in [0.05, 0.1) is 12.1 Å². The van der Waals surface area contributed by atoms with E-state index in [1.54, 1.807) is 10.9 Å². The van der Waals surface area contributed by atoms with E-state index in [9.17, 15) is 8.78 Å². The number of fused-ring (bicyclic) bond motifs is 3. The van der Waals surface area contributed by atoms with Crippen molar-refractivity contribution in [1.82, 2.24) is 24.3 Å². The second-order valence-electron chi connectivity index (χ2n) is 6.09. The second kappa shape index (κ2) is 5.54. The molecule has 4 rings (SSSR count). The molecule has 0 unspecified atom stereocenters. The van der Waals surface area contributed by atoms with Crippen LogP contribution in [0.2, 0.25) is 0 Å². The first kappa shape index (κ1) is 15.6. The zero-order valence-corrected chi connectivity index (χ0v) is 13.7. The Balaban J connectivity index is 1.89. The van der Waals surface area contributed by atoms with Crippen LogP contribution in [-0.4, -0.2) is 30.9 Å². The average molecular weight is 346 g/mol. The number of halogens is 2. The molecule has 3 heterocycles. The van der Waals surface area contributed by atoms with Gasteiger partial charge in [-0.25, -0.2) is 18.4 Å². The summed E-state index contributed by atoms with van der Waals surface area (Å²) in [5.41, 5.74) is 6.68. The van der Waals surface area contributed by atoms with Crippen molar-refractivity contribution in [3.63, 3.8) is 0 Å². The number of nitrogens with two attached hydrogens (primary N) is 1. The maximum atomic E-state index is 13.7. The van der Waals surface area contributed by atoms with Crippen molar-refractivity contribution >= 4 is 5.95 Å². The number of imidazole rings is 1. The Morgan fingerprint density at radius 2 is 1.92 bits per heavy atom. The van der Waals surface area contributed by atoms with Gasteiger partial charge in [-0.2, -0.15) is 4.98 Å². The van der Waals surface area contributed by atoms with Gasteiger partial charge in [0.2, 0.25) is 5.95 Å². The maximum Gasteiger partial charge on any atom is 0.240 e. The van der Waals surface area contributed by atoms with E-state index >= 15 is 0 Å². The summed E-state index contributed by atoms with van der Waals surface area (Å²) in [6.07, 6.45) is 1.79. The highest BCUT2D eigenvalue weighted by Gasteiger charge is 2.24. The quantitative estimate of drug-likeness (QED) is 0.771. The lowest BCUT2D eigenvalue weighted by atomic mass is 10.1. The lowest BCUT2D eigenvalue weighted by Gasteiger charge is -2.08. The standard InChI is InChI=1S/C16H16F2N6O/c1-8(2)24-15(21-16(19)22-24)12-7-23-3-4-25-13-6-11(18)10(17)5-9(13)14(23)20-12/h5-8H,3-4H2,1-2H3,(H2,19,22). The zero-order valence-electron chi connectivity index (χ0n) is 13.7. The fourth-order valence-corrected chi connectivity index (χ4v) is 2.86. The van der Waals surface area contributed by atoms with Gasteiger partial charge in [0.1, 0.15) is 23.9 Å². The first-order valence-corrected chi connectivity index (χ1v) is 7.86. The van der Waals surface area contributed by atoms with Crippen molar-refractivity contribution < 1.29 is 13.5 Å². The highest BCUT2D eigenvalue weighted by atomic mass is 19.2. The minimum Gasteiger partial charge on any atom is -0.491 e. The molecule has 1 aliphatic heterocycles. The van der Waals surface area contributed by atoms with Crippen molar-refractivity contribution in [3.8, 4) is 28.7 Å². The van der Waals surface area contributed by atoms with Crippen LogP contribution in [0.5, 0.6) is 5.75 Å². The third kappa shape index (κ3) is 2.51. The van der Waals surface area contributed by atoms with E-state index in [4.69, 9.17) is 10.5 Å². The molecule has 2 aromatic heterocycles. The molecule has 9 heteroatoms. The van der Waals surface area contributed by atoms with Crippen molar-refractivity contribution in [3.05, 3.63) is 30.0 Å². The van der Waals surface area contributed by atoms with Gasteiger partial charge in [0.25, 0.3) is 0 Å². The highest BCUT2D eigenvalue weighted by Crippen LogP contribution is 2.35. The Labute approximate surface area is 142 Å². The van der Waals surface area contributed by atoms with Crippen LogP contribution in [0.25, 0.3) is 22.9 Å². The second-order valence-corrected chi connectivity index (χ2v) is 6.09. The van der Waals surface area contributed by atoms with Gasteiger partial charge in [0, 0.05) is 18.3 Å². The molecule has 0 radical (unpaired) electrons. The Morgan fingerprint density at radius 1 is 1.16 bits per heavy atom. The van der Waals surface area contributed by atoms with Gasteiger partial charge in [-0.3, -0.25) is 0 Å². The molecule has 0 saturated carbocycles. The zero-order chi connectivity index (χ0) is 17.7. The predicted molar refractivity (Wildman–Crippen MR) is 86.9 cm³/mol. The van der Waals surface area contributed by atoms with E-state index in [2.05, 4.69) is 15.1 Å².